The minimum absolute atomic E-state index is 0.0567. The Morgan fingerprint density at radius 2 is 1.94 bits per heavy atom. The van der Waals surface area contributed by atoms with E-state index in [9.17, 15) is 9.59 Å². The lowest BCUT2D eigenvalue weighted by Gasteiger charge is -2.14. The molecule has 5 N–H and O–H groups in total. The van der Waals surface area contributed by atoms with E-state index in [0.717, 1.165) is 23.2 Å². The summed E-state index contributed by atoms with van der Waals surface area (Å²) in [5, 5.41) is 8.86. The smallest absolute Gasteiger partial charge is 0.264 e. The van der Waals surface area contributed by atoms with Gasteiger partial charge in [0.05, 0.1) is 10.4 Å². The van der Waals surface area contributed by atoms with Crippen LogP contribution in [0.2, 0.25) is 5.02 Å². The van der Waals surface area contributed by atoms with Crippen molar-refractivity contribution in [1.29, 1.82) is 0 Å². The maximum atomic E-state index is 12.9. The van der Waals surface area contributed by atoms with Crippen molar-refractivity contribution in [3.8, 4) is 5.69 Å². The quantitative estimate of drug-likeness (QED) is 0.413. The molecule has 0 saturated heterocycles. The van der Waals surface area contributed by atoms with Gasteiger partial charge in [-0.25, -0.2) is 4.68 Å². The Morgan fingerprint density at radius 1 is 1.21 bits per heavy atom. The van der Waals surface area contributed by atoms with Crippen LogP contribution >= 0.6 is 11.6 Å². The van der Waals surface area contributed by atoms with Crippen molar-refractivity contribution in [2.45, 2.75) is 20.3 Å². The first-order valence-electron chi connectivity index (χ1n) is 10.8. The fraction of sp³-hybridized carbons (Fsp3) is 0.160. The number of halogens is 1. The second kappa shape index (κ2) is 9.44. The highest BCUT2D eigenvalue weighted by Gasteiger charge is 2.20. The third-order valence-corrected chi connectivity index (χ3v) is 5.86. The van der Waals surface area contributed by atoms with Crippen molar-refractivity contribution in [2.75, 3.05) is 17.6 Å². The van der Waals surface area contributed by atoms with Crippen LogP contribution in [0.15, 0.2) is 59.4 Å². The normalized spacial score (nSPS) is 12.0. The number of pyridine rings is 1. The Hall–Kier alpha value is -4.04. The molecule has 3 heterocycles. The van der Waals surface area contributed by atoms with Gasteiger partial charge in [0.2, 0.25) is 0 Å². The number of nitrogen functional groups attached to an aromatic ring is 1. The molecule has 0 radical (unpaired) electrons. The second-order valence-corrected chi connectivity index (χ2v) is 8.26. The summed E-state index contributed by atoms with van der Waals surface area (Å²) >= 11 is 6.23. The van der Waals surface area contributed by atoms with E-state index in [1.807, 2.05) is 55.5 Å². The van der Waals surface area contributed by atoms with E-state index in [4.69, 9.17) is 23.1 Å². The largest absolute Gasteiger partial charge is 0.381 e. The summed E-state index contributed by atoms with van der Waals surface area (Å²) in [6.45, 7) is 4.73. The number of nitrogens with zero attached hydrogens (tertiary/aromatic N) is 3. The molecular weight excluding hydrogens is 452 g/mol. The second-order valence-electron chi connectivity index (χ2n) is 7.85. The van der Waals surface area contributed by atoms with E-state index in [2.05, 4.69) is 17.3 Å². The van der Waals surface area contributed by atoms with Crippen molar-refractivity contribution >= 4 is 46.1 Å². The molecule has 9 heteroatoms. The van der Waals surface area contributed by atoms with E-state index in [-0.39, 0.29) is 16.9 Å². The lowest BCUT2D eigenvalue weighted by Crippen LogP contribution is -2.22. The van der Waals surface area contributed by atoms with Crippen LogP contribution in [0.4, 0.5) is 11.6 Å². The van der Waals surface area contributed by atoms with Crippen molar-refractivity contribution < 1.29 is 4.79 Å². The van der Waals surface area contributed by atoms with Crippen LogP contribution in [-0.4, -0.2) is 26.8 Å². The van der Waals surface area contributed by atoms with Gasteiger partial charge in [0.1, 0.15) is 11.4 Å². The van der Waals surface area contributed by atoms with Crippen molar-refractivity contribution in [3.63, 3.8) is 0 Å². The van der Waals surface area contributed by atoms with E-state index >= 15 is 0 Å². The van der Waals surface area contributed by atoms with Crippen molar-refractivity contribution in [3.05, 3.63) is 86.8 Å². The summed E-state index contributed by atoms with van der Waals surface area (Å²) in [6, 6.07) is 15.6. The maximum absolute atomic E-state index is 12.9. The summed E-state index contributed by atoms with van der Waals surface area (Å²) < 4.78 is 3.26. The molecular formula is C25H25ClN6O2. The molecule has 1 aliphatic rings. The number of aryl methyl sites for hydroxylation is 2. The Labute approximate surface area is 201 Å². The average molecular weight is 477 g/mol. The van der Waals surface area contributed by atoms with E-state index in [0.29, 0.717) is 22.8 Å². The van der Waals surface area contributed by atoms with Gasteiger partial charge in [0.15, 0.2) is 5.82 Å². The molecule has 0 unspecified atom stereocenters. The summed E-state index contributed by atoms with van der Waals surface area (Å²) in [5.41, 5.74) is 13.9. The number of carbonyl (C=O) groups excluding carboxylic acids is 1. The lowest BCUT2D eigenvalue weighted by molar-refractivity contribution is 0.100. The molecule has 2 aromatic heterocycles. The molecule has 5 rings (SSSR count). The summed E-state index contributed by atoms with van der Waals surface area (Å²) in [7, 11) is 0. The highest BCUT2D eigenvalue weighted by molar-refractivity contribution is 6.35. The molecule has 2 aromatic carbocycles. The first kappa shape index (κ1) is 23.1. The molecule has 174 valence electrons. The zero-order valence-electron chi connectivity index (χ0n) is 18.9. The number of fused-ring (bicyclic) bond motifs is 2. The van der Waals surface area contributed by atoms with E-state index < -0.39 is 5.91 Å². The Balaban J connectivity index is 0.000000180. The fourth-order valence-corrected chi connectivity index (χ4v) is 4.15. The van der Waals surface area contributed by atoms with Gasteiger partial charge in [-0.3, -0.25) is 14.2 Å². The Bertz CT molecular complexity index is 1470. The van der Waals surface area contributed by atoms with E-state index in [1.54, 1.807) is 16.8 Å². The van der Waals surface area contributed by atoms with Gasteiger partial charge >= 0.3 is 0 Å². The zero-order chi connectivity index (χ0) is 24.4. The van der Waals surface area contributed by atoms with Crippen LogP contribution < -0.4 is 22.3 Å². The predicted octanol–water partition coefficient (Wildman–Crippen LogP) is 3.98. The van der Waals surface area contributed by atoms with Crippen LogP contribution in [0.1, 0.15) is 28.5 Å². The summed E-state index contributed by atoms with van der Waals surface area (Å²) in [6.07, 6.45) is 4.38. The third kappa shape index (κ3) is 4.27. The first-order valence-corrected chi connectivity index (χ1v) is 11.2. The Kier molecular flexibility index (Phi) is 6.43. The lowest BCUT2D eigenvalue weighted by atomic mass is 10.1. The van der Waals surface area contributed by atoms with Crippen molar-refractivity contribution in [1.82, 2.24) is 14.3 Å². The molecule has 8 nitrogen and oxygen atoms in total. The number of amides is 1. The molecule has 1 aliphatic heterocycles. The zero-order valence-corrected chi connectivity index (χ0v) is 19.6. The minimum atomic E-state index is -0.568. The molecule has 0 fully saturated rings. The van der Waals surface area contributed by atoms with Crippen LogP contribution in [0, 0.1) is 6.92 Å². The topological polar surface area (TPSA) is 121 Å². The summed E-state index contributed by atoms with van der Waals surface area (Å²) in [4.78, 5) is 23.9. The number of aromatic nitrogens is 3. The van der Waals surface area contributed by atoms with Crippen molar-refractivity contribution in [2.24, 2.45) is 5.73 Å². The predicted molar refractivity (Wildman–Crippen MR) is 138 cm³/mol. The molecule has 0 atom stereocenters. The fourth-order valence-electron chi connectivity index (χ4n) is 3.89. The molecule has 4 aromatic rings. The molecule has 0 spiro atoms. The van der Waals surface area contributed by atoms with Gasteiger partial charge in [0, 0.05) is 24.1 Å². The van der Waals surface area contributed by atoms with Crippen LogP contribution in [0.25, 0.3) is 22.7 Å². The van der Waals surface area contributed by atoms with Gasteiger partial charge in [-0.1, -0.05) is 48.4 Å². The molecule has 34 heavy (non-hydrogen) atoms. The van der Waals surface area contributed by atoms with Crippen LogP contribution in [0.5, 0.6) is 0 Å². The number of rotatable bonds is 3. The number of carbonyl (C=O) groups is 1. The van der Waals surface area contributed by atoms with E-state index in [1.165, 1.54) is 10.2 Å². The average Bonchev–Trinajstić information content (AvgIpc) is 3.16. The molecule has 0 bridgehead atoms. The number of hydrogen-bond donors (Lipinski definition) is 3. The number of nitrogens with one attached hydrogen (secondary N) is 1. The van der Waals surface area contributed by atoms with Gasteiger partial charge in [-0.2, -0.15) is 0 Å². The molecule has 0 saturated carbocycles. The third-order valence-electron chi connectivity index (χ3n) is 5.54. The Morgan fingerprint density at radius 3 is 2.62 bits per heavy atom. The number of nitrogens with two attached hydrogens (primary N) is 2. The molecule has 1 amide bonds. The van der Waals surface area contributed by atoms with Gasteiger partial charge in [-0.05, 0) is 49.1 Å². The molecule has 0 aliphatic carbocycles. The maximum Gasteiger partial charge on any atom is 0.264 e. The van der Waals surface area contributed by atoms with Crippen LogP contribution in [0.3, 0.4) is 0 Å². The van der Waals surface area contributed by atoms with Gasteiger partial charge in [0.25, 0.3) is 11.5 Å². The number of hydrogen-bond acceptors (Lipinski definition) is 5. The highest BCUT2D eigenvalue weighted by Crippen LogP contribution is 2.24. The monoisotopic (exact) mass is 476 g/mol. The van der Waals surface area contributed by atoms with Crippen LogP contribution in [-0.2, 0) is 6.42 Å². The number of primary amides is 1. The number of anilines is 2. The van der Waals surface area contributed by atoms with Gasteiger partial charge in [-0.15, -0.1) is 5.10 Å². The van der Waals surface area contributed by atoms with Gasteiger partial charge < -0.3 is 16.8 Å². The summed E-state index contributed by atoms with van der Waals surface area (Å²) in [5.74, 6) is 0.149. The first-order chi connectivity index (χ1) is 16.3. The minimum Gasteiger partial charge on any atom is -0.381 e. The SMILES string of the molecule is CCc1cc2cccc(Cl)c2c(=O)n1-c1ccc(C)cc1.NC(=O)c1c(N)nn2c1NCC=C2. The highest BCUT2D eigenvalue weighted by atomic mass is 35.5. The standard InChI is InChI=1S/C18H16ClNO.C7H9N5O/c1-3-14-11-13-5-4-6-16(19)17(13)18(21)20(14)15-9-7-12(2)8-10-15;8-5-4(6(9)13)7-10-2-1-3-12(7)11-5/h4-11H,3H2,1-2H3;1,3,10H,2H2,(H2,8,11)(H2,9,13). The number of benzene rings is 2.